The molecule has 14 heteroatoms. The van der Waals surface area contributed by atoms with E-state index >= 15 is 0 Å². The molecule has 0 amide bonds. The maximum absolute atomic E-state index is 13.5. The van der Waals surface area contributed by atoms with E-state index in [0.29, 0.717) is 36.2 Å². The number of carbonyl (C=O) groups excluding carboxylic acids is 5. The van der Waals surface area contributed by atoms with Crippen LogP contribution in [0.3, 0.4) is 0 Å². The van der Waals surface area contributed by atoms with Crippen molar-refractivity contribution in [3.05, 3.63) is 97.9 Å². The van der Waals surface area contributed by atoms with E-state index in [1.165, 1.54) is 25.3 Å². The Kier molecular flexibility index (Phi) is 15.1. The SMILES string of the molecule is CCOC(=O)C(CCc1ccc(CCCCOC(=O)C2=C(C)NC(C)=C(C(=O)OC)C2c2cccc([N+](=O)[O-])c2)cc1)(C(=O)OCC)C(=O)OCC. The molecule has 280 valence electrons. The van der Waals surface area contributed by atoms with Gasteiger partial charge in [0, 0.05) is 23.5 Å². The van der Waals surface area contributed by atoms with Gasteiger partial charge in [0.05, 0.1) is 55.5 Å². The number of nitrogens with one attached hydrogen (secondary N) is 1. The molecule has 0 saturated carbocycles. The molecule has 0 fully saturated rings. The zero-order chi connectivity index (χ0) is 38.4. The maximum Gasteiger partial charge on any atom is 0.336 e. The molecule has 1 atom stereocenters. The minimum Gasteiger partial charge on any atom is -0.466 e. The summed E-state index contributed by atoms with van der Waals surface area (Å²) in [5.74, 6) is -5.32. The Balaban J connectivity index is 1.65. The van der Waals surface area contributed by atoms with Gasteiger partial charge in [0.1, 0.15) is 0 Å². The second-order valence-corrected chi connectivity index (χ2v) is 12.0. The Morgan fingerprint density at radius 3 is 1.77 bits per heavy atom. The first kappa shape index (κ1) is 40.9. The predicted molar refractivity (Wildman–Crippen MR) is 187 cm³/mol. The number of benzene rings is 2. The lowest BCUT2D eigenvalue weighted by atomic mass is 9.80. The molecule has 0 aliphatic carbocycles. The van der Waals surface area contributed by atoms with E-state index in [9.17, 15) is 34.1 Å². The molecule has 0 radical (unpaired) electrons. The first-order valence-corrected chi connectivity index (χ1v) is 17.1. The first-order chi connectivity index (χ1) is 24.9. The summed E-state index contributed by atoms with van der Waals surface area (Å²) in [6.07, 6.45) is 1.85. The first-order valence-electron chi connectivity index (χ1n) is 17.1. The molecule has 0 saturated heterocycles. The standard InChI is InChI=1S/C38H46N2O12/c1-7-49-35(43)38(36(44)50-8-2,37(45)51-9-3)21-20-27-18-16-26(17-19-27)13-10-11-22-52-34(42)31-25(5)39-24(4)30(33(41)48-6)32(31)28-14-12-15-29(23-28)40(46)47/h12,14-19,23,32,39H,7-11,13,20-22H2,1-6H3. The summed E-state index contributed by atoms with van der Waals surface area (Å²) >= 11 is 0. The van der Waals surface area contributed by atoms with Crippen molar-refractivity contribution in [1.82, 2.24) is 5.32 Å². The summed E-state index contributed by atoms with van der Waals surface area (Å²) in [6.45, 7) is 8.06. The number of aryl methyl sites for hydroxylation is 2. The van der Waals surface area contributed by atoms with Crippen LogP contribution in [0.25, 0.3) is 0 Å². The number of dihydropyridines is 1. The highest BCUT2D eigenvalue weighted by Gasteiger charge is 2.57. The van der Waals surface area contributed by atoms with Gasteiger partial charge in [-0.3, -0.25) is 24.5 Å². The third-order valence-electron chi connectivity index (χ3n) is 8.58. The number of ether oxygens (including phenoxy) is 5. The Labute approximate surface area is 302 Å². The van der Waals surface area contributed by atoms with Crippen molar-refractivity contribution in [2.24, 2.45) is 5.41 Å². The van der Waals surface area contributed by atoms with Gasteiger partial charge in [-0.25, -0.2) is 9.59 Å². The highest BCUT2D eigenvalue weighted by Crippen LogP contribution is 2.40. The van der Waals surface area contributed by atoms with Gasteiger partial charge < -0.3 is 29.0 Å². The maximum atomic E-state index is 13.5. The van der Waals surface area contributed by atoms with Gasteiger partial charge in [0.25, 0.3) is 11.1 Å². The van der Waals surface area contributed by atoms with Crippen molar-refractivity contribution in [2.45, 2.75) is 72.6 Å². The van der Waals surface area contributed by atoms with E-state index in [1.807, 2.05) is 24.3 Å². The van der Waals surface area contributed by atoms with Crippen molar-refractivity contribution in [2.75, 3.05) is 33.5 Å². The Morgan fingerprint density at radius 1 is 0.750 bits per heavy atom. The van der Waals surface area contributed by atoms with Gasteiger partial charge in [-0.15, -0.1) is 0 Å². The number of hydrogen-bond donors (Lipinski definition) is 1. The van der Waals surface area contributed by atoms with Crippen LogP contribution in [0.2, 0.25) is 0 Å². The zero-order valence-electron chi connectivity index (χ0n) is 30.4. The van der Waals surface area contributed by atoms with Crippen LogP contribution in [-0.2, 0) is 60.5 Å². The number of nitrogens with zero attached hydrogens (tertiary/aromatic N) is 1. The van der Waals surface area contributed by atoms with Crippen molar-refractivity contribution in [3.63, 3.8) is 0 Å². The monoisotopic (exact) mass is 722 g/mol. The molecule has 3 rings (SSSR count). The van der Waals surface area contributed by atoms with Gasteiger partial charge in [-0.1, -0.05) is 36.4 Å². The largest absolute Gasteiger partial charge is 0.466 e. The van der Waals surface area contributed by atoms with Crippen LogP contribution in [0.5, 0.6) is 0 Å². The van der Waals surface area contributed by atoms with Gasteiger partial charge in [-0.05, 0) is 83.4 Å². The fraction of sp³-hybridized carbons (Fsp3) is 0.447. The summed E-state index contributed by atoms with van der Waals surface area (Å²) in [7, 11) is 1.22. The number of esters is 5. The zero-order valence-corrected chi connectivity index (χ0v) is 30.4. The van der Waals surface area contributed by atoms with Crippen LogP contribution in [0.15, 0.2) is 71.1 Å². The van der Waals surface area contributed by atoms with Crippen LogP contribution < -0.4 is 5.32 Å². The molecule has 0 bridgehead atoms. The molecule has 14 nitrogen and oxygen atoms in total. The second kappa shape index (κ2) is 19.2. The number of unbranched alkanes of at least 4 members (excludes halogenated alkanes) is 1. The second-order valence-electron chi connectivity index (χ2n) is 12.0. The van der Waals surface area contributed by atoms with Crippen LogP contribution in [0.1, 0.15) is 76.5 Å². The molecule has 2 aromatic carbocycles. The quantitative estimate of drug-likeness (QED) is 0.0530. The molecule has 1 aliphatic heterocycles. The van der Waals surface area contributed by atoms with E-state index in [0.717, 1.165) is 11.1 Å². The molecule has 1 unspecified atom stereocenters. The third kappa shape index (κ3) is 9.62. The number of carbonyl (C=O) groups is 5. The molecular weight excluding hydrogens is 676 g/mol. The minimum atomic E-state index is -2.24. The average Bonchev–Trinajstić information content (AvgIpc) is 3.12. The van der Waals surface area contributed by atoms with Crippen molar-refractivity contribution in [1.29, 1.82) is 0 Å². The van der Waals surface area contributed by atoms with E-state index in [1.54, 1.807) is 40.7 Å². The smallest absolute Gasteiger partial charge is 0.336 e. The highest BCUT2D eigenvalue weighted by atomic mass is 16.6. The summed E-state index contributed by atoms with van der Waals surface area (Å²) < 4.78 is 26.0. The summed E-state index contributed by atoms with van der Waals surface area (Å²) in [5.41, 5.74) is 0.932. The number of rotatable bonds is 18. The van der Waals surface area contributed by atoms with Crippen molar-refractivity contribution >= 4 is 35.5 Å². The van der Waals surface area contributed by atoms with Crippen LogP contribution in [-0.4, -0.2) is 68.3 Å². The number of non-ortho nitro benzene ring substituents is 1. The predicted octanol–water partition coefficient (Wildman–Crippen LogP) is 5.18. The molecule has 52 heavy (non-hydrogen) atoms. The number of nitro benzene ring substituents is 1. The minimum absolute atomic E-state index is 0.0314. The molecule has 1 aliphatic rings. The van der Waals surface area contributed by atoms with Crippen molar-refractivity contribution < 1.29 is 52.6 Å². The molecule has 2 aromatic rings. The molecule has 1 heterocycles. The lowest BCUT2D eigenvalue weighted by molar-refractivity contribution is -0.384. The number of allylic oxidation sites excluding steroid dienone is 2. The fourth-order valence-corrected chi connectivity index (χ4v) is 5.99. The molecule has 0 spiro atoms. The Hall–Kier alpha value is -5.53. The highest BCUT2D eigenvalue weighted by molar-refractivity contribution is 6.18. The van der Waals surface area contributed by atoms with Crippen LogP contribution >= 0.6 is 0 Å². The van der Waals surface area contributed by atoms with E-state index in [-0.39, 0.29) is 56.1 Å². The lowest BCUT2D eigenvalue weighted by Crippen LogP contribution is -2.49. The van der Waals surface area contributed by atoms with Gasteiger partial charge in [0.15, 0.2) is 0 Å². The number of methoxy groups -OCH3 is 1. The average molecular weight is 723 g/mol. The summed E-state index contributed by atoms with van der Waals surface area (Å²) in [6, 6.07) is 13.3. The van der Waals surface area contributed by atoms with Crippen molar-refractivity contribution in [3.8, 4) is 0 Å². The van der Waals surface area contributed by atoms with Crippen LogP contribution in [0, 0.1) is 15.5 Å². The molecular formula is C38H46N2O12. The molecule has 1 N–H and O–H groups in total. The van der Waals surface area contributed by atoms with Gasteiger partial charge in [0.2, 0.25) is 0 Å². The Morgan fingerprint density at radius 2 is 1.27 bits per heavy atom. The van der Waals surface area contributed by atoms with E-state index < -0.39 is 46.1 Å². The number of hydrogen-bond acceptors (Lipinski definition) is 13. The van der Waals surface area contributed by atoms with E-state index in [2.05, 4.69) is 5.32 Å². The van der Waals surface area contributed by atoms with Gasteiger partial charge >= 0.3 is 29.8 Å². The third-order valence-corrected chi connectivity index (χ3v) is 8.58. The van der Waals surface area contributed by atoms with Gasteiger partial charge in [-0.2, -0.15) is 0 Å². The lowest BCUT2D eigenvalue weighted by Gasteiger charge is -2.30. The number of nitro groups is 1. The fourth-order valence-electron chi connectivity index (χ4n) is 5.99. The molecule has 0 aromatic heterocycles. The van der Waals surface area contributed by atoms with Crippen LogP contribution in [0.4, 0.5) is 5.69 Å². The topological polar surface area (TPSA) is 187 Å². The normalized spacial score (nSPS) is 14.2. The summed E-state index contributed by atoms with van der Waals surface area (Å²) in [4.78, 5) is 76.2. The summed E-state index contributed by atoms with van der Waals surface area (Å²) in [5, 5.41) is 14.6. The Bertz CT molecular complexity index is 1660. The van der Waals surface area contributed by atoms with E-state index in [4.69, 9.17) is 23.7 Å².